The summed E-state index contributed by atoms with van der Waals surface area (Å²) in [5.74, 6) is -0.241. The third-order valence-corrected chi connectivity index (χ3v) is 11.7. The second kappa shape index (κ2) is 33.3. The minimum Gasteiger partial charge on any atom is -0.394 e. The van der Waals surface area contributed by atoms with Crippen LogP contribution in [0.4, 0.5) is 0 Å². The van der Waals surface area contributed by atoms with E-state index >= 15 is 0 Å². The lowest BCUT2D eigenvalue weighted by molar-refractivity contribution is -0.359. The Morgan fingerprint density at radius 3 is 1.56 bits per heavy atom. The first-order valence-electron chi connectivity index (χ1n) is 23.4. The first kappa shape index (κ1) is 53.9. The molecule has 348 valence electrons. The summed E-state index contributed by atoms with van der Waals surface area (Å²) in [5.41, 5.74) is 0. The summed E-state index contributed by atoms with van der Waals surface area (Å²) in [6.45, 7) is 2.76. The van der Waals surface area contributed by atoms with Crippen LogP contribution in [0.1, 0.15) is 174 Å². The summed E-state index contributed by atoms with van der Waals surface area (Å²) in [5, 5.41) is 86.4. The van der Waals surface area contributed by atoms with Crippen LogP contribution in [0.2, 0.25) is 0 Å². The van der Waals surface area contributed by atoms with Gasteiger partial charge in [0, 0.05) is 6.42 Å². The van der Waals surface area contributed by atoms with Crippen molar-refractivity contribution in [2.45, 2.75) is 248 Å². The Labute approximate surface area is 355 Å². The normalized spacial score (nSPS) is 28.6. The van der Waals surface area contributed by atoms with Gasteiger partial charge in [0.15, 0.2) is 12.6 Å². The Morgan fingerprint density at radius 2 is 1.05 bits per heavy atom. The van der Waals surface area contributed by atoms with Gasteiger partial charge in [-0.05, 0) is 19.3 Å². The molecule has 0 aliphatic carbocycles. The second-order valence-corrected chi connectivity index (χ2v) is 16.9. The molecule has 14 nitrogen and oxygen atoms in total. The zero-order valence-corrected chi connectivity index (χ0v) is 36.5. The van der Waals surface area contributed by atoms with Gasteiger partial charge in [0.2, 0.25) is 5.91 Å². The van der Waals surface area contributed by atoms with Crippen LogP contribution in [0.25, 0.3) is 0 Å². The molecule has 0 spiro atoms. The number of hydrogen-bond donors (Lipinski definition) is 9. The van der Waals surface area contributed by atoms with Crippen LogP contribution >= 0.6 is 0 Å². The highest BCUT2D eigenvalue weighted by molar-refractivity contribution is 5.76. The van der Waals surface area contributed by atoms with Crippen LogP contribution in [0.3, 0.4) is 0 Å². The van der Waals surface area contributed by atoms with Gasteiger partial charge in [-0.15, -0.1) is 0 Å². The maximum absolute atomic E-state index is 13.1. The molecule has 2 aliphatic rings. The van der Waals surface area contributed by atoms with Gasteiger partial charge >= 0.3 is 0 Å². The van der Waals surface area contributed by atoms with Gasteiger partial charge in [-0.2, -0.15) is 0 Å². The molecule has 0 saturated carbocycles. The summed E-state index contributed by atoms with van der Waals surface area (Å²) in [6, 6.07) is -0.906. The maximum atomic E-state index is 13.1. The van der Waals surface area contributed by atoms with E-state index in [0.29, 0.717) is 6.42 Å². The lowest BCUT2D eigenvalue weighted by Crippen LogP contribution is -2.65. The smallest absolute Gasteiger partial charge is 0.220 e. The number of aliphatic hydroxyl groups is 8. The Balaban J connectivity index is 1.90. The van der Waals surface area contributed by atoms with Gasteiger partial charge < -0.3 is 65.1 Å². The van der Waals surface area contributed by atoms with Crippen LogP contribution in [-0.2, 0) is 23.7 Å². The average molecular weight is 848 g/mol. The lowest BCUT2D eigenvalue weighted by atomic mass is 9.97. The lowest BCUT2D eigenvalue weighted by Gasteiger charge is -2.46. The number of ether oxygens (including phenoxy) is 4. The molecule has 12 atom stereocenters. The molecule has 2 rings (SSSR count). The van der Waals surface area contributed by atoms with Gasteiger partial charge in [0.1, 0.15) is 48.8 Å². The molecule has 9 N–H and O–H groups in total. The third kappa shape index (κ3) is 21.6. The fraction of sp³-hybridized carbons (Fsp3) is 0.933. The van der Waals surface area contributed by atoms with Gasteiger partial charge in [-0.3, -0.25) is 4.79 Å². The molecule has 4 unspecified atom stereocenters. The van der Waals surface area contributed by atoms with Gasteiger partial charge in [0.05, 0.1) is 32.0 Å². The van der Waals surface area contributed by atoms with Crippen LogP contribution in [-0.4, -0.2) is 140 Å². The molecule has 0 aromatic carbocycles. The van der Waals surface area contributed by atoms with Crippen molar-refractivity contribution in [3.8, 4) is 0 Å². The average Bonchev–Trinajstić information content (AvgIpc) is 3.23. The molecule has 0 aromatic rings. The van der Waals surface area contributed by atoms with Crippen molar-refractivity contribution in [2.24, 2.45) is 0 Å². The first-order chi connectivity index (χ1) is 28.6. The Hall–Kier alpha value is -1.27. The van der Waals surface area contributed by atoms with E-state index in [1.54, 1.807) is 6.08 Å². The van der Waals surface area contributed by atoms with E-state index in [1.807, 2.05) is 6.08 Å². The minimum atomic E-state index is -1.78. The highest BCUT2D eigenvalue weighted by Crippen LogP contribution is 2.30. The molecule has 2 aliphatic heterocycles. The summed E-state index contributed by atoms with van der Waals surface area (Å²) >= 11 is 0. The quantitative estimate of drug-likeness (QED) is 0.0308. The predicted octanol–water partition coefficient (Wildman–Crippen LogP) is 4.82. The SMILES string of the molecule is CCCCCCCCCCCC/C=C/[C@@H](O)[C@H](CO[C@@H]1O[C@H](CO)[C@@H](O[C@@H]2O[C@H](CO)[C@H](O)C(O)C2O)C(O)C1O)NC(=O)CCCCCCCCCCCCCCC. The predicted molar refractivity (Wildman–Crippen MR) is 226 cm³/mol. The van der Waals surface area contributed by atoms with Crippen molar-refractivity contribution in [3.63, 3.8) is 0 Å². The number of hydrogen-bond acceptors (Lipinski definition) is 13. The molecule has 2 heterocycles. The highest BCUT2D eigenvalue weighted by Gasteiger charge is 2.50. The summed E-state index contributed by atoms with van der Waals surface area (Å²) in [7, 11) is 0. The fourth-order valence-electron chi connectivity index (χ4n) is 7.82. The first-order valence-corrected chi connectivity index (χ1v) is 23.4. The molecule has 14 heteroatoms. The number of amides is 1. The molecule has 1 amide bonds. The number of unbranched alkanes of at least 4 members (excludes halogenated alkanes) is 22. The summed E-state index contributed by atoms with van der Waals surface area (Å²) < 4.78 is 22.6. The van der Waals surface area contributed by atoms with Gasteiger partial charge in [0.25, 0.3) is 0 Å². The molecule has 59 heavy (non-hydrogen) atoms. The monoisotopic (exact) mass is 848 g/mol. The molecule has 2 fully saturated rings. The van der Waals surface area contributed by atoms with Crippen molar-refractivity contribution >= 4 is 5.91 Å². The van der Waals surface area contributed by atoms with Gasteiger partial charge in [-0.1, -0.05) is 161 Å². The van der Waals surface area contributed by atoms with E-state index in [1.165, 1.54) is 109 Å². The van der Waals surface area contributed by atoms with Crippen LogP contribution in [0.15, 0.2) is 12.2 Å². The standard InChI is InChI=1S/C45H85NO13/c1-3-5-7-9-11-13-15-17-19-21-23-25-27-29-37(50)46-33(34(49)28-26-24-22-20-18-16-14-12-10-8-6-4-2)32-56-44-42(55)40(53)43(36(31-48)58-44)59-45-41(54)39(52)38(51)35(30-47)57-45/h26,28,33-36,38-45,47-49,51-55H,3-25,27,29-32H2,1-2H3,(H,46,50)/b28-26+/t33-,34+,35+,36+,38-,39?,40?,41?,42?,43+,44+,45-/m0/s1. The van der Waals surface area contributed by atoms with Gasteiger partial charge in [-0.25, -0.2) is 0 Å². The molecule has 2 saturated heterocycles. The zero-order valence-electron chi connectivity index (χ0n) is 36.5. The van der Waals surface area contributed by atoms with Crippen molar-refractivity contribution in [3.05, 3.63) is 12.2 Å². The zero-order chi connectivity index (χ0) is 43.3. The molecule has 0 bridgehead atoms. The maximum Gasteiger partial charge on any atom is 0.220 e. The number of rotatable bonds is 35. The molecule has 0 radical (unpaired) electrons. The van der Waals surface area contributed by atoms with Crippen molar-refractivity contribution in [2.75, 3.05) is 19.8 Å². The van der Waals surface area contributed by atoms with E-state index in [4.69, 9.17) is 18.9 Å². The number of carbonyl (C=O) groups excluding carboxylic acids is 1. The fourth-order valence-corrected chi connectivity index (χ4v) is 7.82. The number of nitrogens with one attached hydrogen (secondary N) is 1. The number of aliphatic hydroxyl groups excluding tert-OH is 8. The van der Waals surface area contributed by atoms with E-state index < -0.39 is 86.8 Å². The van der Waals surface area contributed by atoms with Crippen molar-refractivity contribution in [1.29, 1.82) is 0 Å². The van der Waals surface area contributed by atoms with Crippen LogP contribution in [0.5, 0.6) is 0 Å². The minimum absolute atomic E-state index is 0.241. The second-order valence-electron chi connectivity index (χ2n) is 16.9. The summed E-state index contributed by atoms with van der Waals surface area (Å²) in [6.07, 6.45) is 15.4. The Bertz CT molecular complexity index is 1050. The molecular formula is C45H85NO13. The Morgan fingerprint density at radius 1 is 0.593 bits per heavy atom. The third-order valence-electron chi connectivity index (χ3n) is 11.7. The highest BCUT2D eigenvalue weighted by atomic mass is 16.7. The topological polar surface area (TPSA) is 228 Å². The van der Waals surface area contributed by atoms with Crippen LogP contribution < -0.4 is 5.32 Å². The van der Waals surface area contributed by atoms with Crippen molar-refractivity contribution in [1.82, 2.24) is 5.32 Å². The number of allylic oxidation sites excluding steroid dienone is 1. The Kier molecular flexibility index (Phi) is 30.4. The molecule has 0 aromatic heterocycles. The van der Waals surface area contributed by atoms with Crippen LogP contribution in [0, 0.1) is 0 Å². The van der Waals surface area contributed by atoms with E-state index in [0.717, 1.165) is 38.5 Å². The van der Waals surface area contributed by atoms with E-state index in [2.05, 4.69) is 19.2 Å². The van der Waals surface area contributed by atoms with E-state index in [-0.39, 0.29) is 18.9 Å². The number of carbonyl (C=O) groups is 1. The largest absolute Gasteiger partial charge is 0.394 e. The molecular weight excluding hydrogens is 762 g/mol. The van der Waals surface area contributed by atoms with E-state index in [9.17, 15) is 45.6 Å². The summed E-state index contributed by atoms with van der Waals surface area (Å²) in [4.78, 5) is 13.1. The van der Waals surface area contributed by atoms with Crippen molar-refractivity contribution < 1.29 is 64.6 Å².